The third kappa shape index (κ3) is 3.34. The van der Waals surface area contributed by atoms with Crippen LogP contribution in [0, 0.1) is 13.8 Å². The number of benzene rings is 1. The number of rotatable bonds is 5. The molecule has 0 amide bonds. The highest BCUT2D eigenvalue weighted by atomic mass is 16.5. The Labute approximate surface area is 158 Å². The maximum absolute atomic E-state index is 12.5. The Morgan fingerprint density at radius 3 is 2.78 bits per heavy atom. The van der Waals surface area contributed by atoms with Gasteiger partial charge < -0.3 is 13.9 Å². The van der Waals surface area contributed by atoms with Crippen molar-refractivity contribution in [3.8, 4) is 5.75 Å². The zero-order valence-corrected chi connectivity index (χ0v) is 16.1. The molecule has 1 aliphatic heterocycles. The van der Waals surface area contributed by atoms with Gasteiger partial charge in [0.1, 0.15) is 17.9 Å². The Morgan fingerprint density at radius 1 is 1.30 bits per heavy atom. The molecule has 2 aliphatic rings. The van der Waals surface area contributed by atoms with Crippen molar-refractivity contribution < 1.29 is 23.6 Å². The van der Waals surface area contributed by atoms with Gasteiger partial charge in [0.2, 0.25) is 6.73 Å². The van der Waals surface area contributed by atoms with Crippen LogP contribution in [0.2, 0.25) is 0 Å². The highest BCUT2D eigenvalue weighted by Gasteiger charge is 2.37. The molecule has 27 heavy (non-hydrogen) atoms. The van der Waals surface area contributed by atoms with Gasteiger partial charge in [-0.05, 0) is 38.8 Å². The molecule has 1 aromatic heterocycles. The lowest BCUT2D eigenvalue weighted by atomic mass is 9.97. The predicted octanol–water partition coefficient (Wildman–Crippen LogP) is 1.80. The molecular formula is C21H26NO5+. The second-order valence-electron chi connectivity index (χ2n) is 7.56. The Bertz CT molecular complexity index is 957. The Balaban J connectivity index is 1.73. The van der Waals surface area contributed by atoms with Crippen LogP contribution in [0.25, 0.3) is 11.0 Å². The highest BCUT2D eigenvalue weighted by Crippen LogP contribution is 2.34. The van der Waals surface area contributed by atoms with Gasteiger partial charge in [0.05, 0.1) is 12.6 Å². The van der Waals surface area contributed by atoms with E-state index in [9.17, 15) is 9.59 Å². The highest BCUT2D eigenvalue weighted by molar-refractivity contribution is 5.87. The number of carbonyl (C=O) groups excluding carboxylic acids is 1. The standard InChI is InChI=1S/C21H25NO5/c1-4-25-18(23)8-7-16-12(2)17-9-14-10-22(15-5-6-15)11-26-19(14)13(3)20(17)27-21(16)24/h9,15H,4-8,10-11H2,1-3H3/p+1. The average Bonchev–Trinajstić information content (AvgIpc) is 3.48. The van der Waals surface area contributed by atoms with E-state index in [-0.39, 0.29) is 18.0 Å². The van der Waals surface area contributed by atoms with Gasteiger partial charge in [-0.3, -0.25) is 9.69 Å². The fourth-order valence-electron chi connectivity index (χ4n) is 4.03. The normalized spacial score (nSPS) is 18.9. The number of quaternary nitrogens is 1. The monoisotopic (exact) mass is 372 g/mol. The minimum Gasteiger partial charge on any atom is -0.466 e. The van der Waals surface area contributed by atoms with Gasteiger partial charge in [-0.15, -0.1) is 0 Å². The first-order valence-corrected chi connectivity index (χ1v) is 9.71. The summed E-state index contributed by atoms with van der Waals surface area (Å²) in [6, 6.07) is 2.81. The van der Waals surface area contributed by atoms with Crippen LogP contribution in [-0.2, 0) is 22.5 Å². The summed E-state index contributed by atoms with van der Waals surface area (Å²) in [5, 5.41) is 0.936. The van der Waals surface area contributed by atoms with E-state index in [4.69, 9.17) is 13.9 Å². The molecule has 6 nitrogen and oxygen atoms in total. The first kappa shape index (κ1) is 18.0. The Kier molecular flexibility index (Phi) is 4.68. The summed E-state index contributed by atoms with van der Waals surface area (Å²) in [5.74, 6) is 0.559. The summed E-state index contributed by atoms with van der Waals surface area (Å²) in [6.45, 7) is 7.60. The summed E-state index contributed by atoms with van der Waals surface area (Å²) < 4.78 is 16.7. The fraction of sp³-hybridized carbons (Fsp3) is 0.524. The third-order valence-corrected chi connectivity index (χ3v) is 5.69. The van der Waals surface area contributed by atoms with Crippen molar-refractivity contribution in [2.45, 2.75) is 59.0 Å². The lowest BCUT2D eigenvalue weighted by molar-refractivity contribution is -0.943. The maximum atomic E-state index is 12.5. The molecule has 0 saturated heterocycles. The maximum Gasteiger partial charge on any atom is 0.339 e. The zero-order chi connectivity index (χ0) is 19.1. The van der Waals surface area contributed by atoms with Crippen LogP contribution in [0.15, 0.2) is 15.3 Å². The number of nitrogens with one attached hydrogen (secondary N) is 1. The number of hydrogen-bond acceptors (Lipinski definition) is 5. The topological polar surface area (TPSA) is 70.2 Å². The van der Waals surface area contributed by atoms with Gasteiger partial charge in [-0.2, -0.15) is 0 Å². The number of esters is 1. The van der Waals surface area contributed by atoms with Gasteiger partial charge >= 0.3 is 11.6 Å². The molecule has 6 heteroatoms. The molecule has 4 rings (SSSR count). The number of ether oxygens (including phenoxy) is 2. The van der Waals surface area contributed by atoms with Crippen LogP contribution in [-0.4, -0.2) is 25.3 Å². The second kappa shape index (κ2) is 7.00. The Morgan fingerprint density at radius 2 is 2.07 bits per heavy atom. The van der Waals surface area contributed by atoms with E-state index in [1.165, 1.54) is 23.3 Å². The Hall–Kier alpha value is -2.34. The molecule has 0 bridgehead atoms. The molecule has 1 aromatic carbocycles. The summed E-state index contributed by atoms with van der Waals surface area (Å²) in [6.07, 6.45) is 3.05. The number of carbonyl (C=O) groups is 1. The first-order chi connectivity index (χ1) is 13.0. The summed E-state index contributed by atoms with van der Waals surface area (Å²) in [7, 11) is 0. The van der Waals surface area contributed by atoms with Gasteiger partial charge in [0.25, 0.3) is 0 Å². The lowest BCUT2D eigenvalue weighted by Gasteiger charge is -2.27. The third-order valence-electron chi connectivity index (χ3n) is 5.69. The molecule has 144 valence electrons. The summed E-state index contributed by atoms with van der Waals surface area (Å²) in [4.78, 5) is 25.7. The van der Waals surface area contributed by atoms with Crippen LogP contribution in [0.4, 0.5) is 0 Å². The average molecular weight is 372 g/mol. The van der Waals surface area contributed by atoms with E-state index >= 15 is 0 Å². The summed E-state index contributed by atoms with van der Waals surface area (Å²) in [5.41, 5.74) is 3.70. The minimum atomic E-state index is -0.381. The van der Waals surface area contributed by atoms with Crippen LogP contribution in [0.5, 0.6) is 5.75 Å². The fourth-order valence-corrected chi connectivity index (χ4v) is 4.03. The van der Waals surface area contributed by atoms with E-state index in [0.717, 1.165) is 28.8 Å². The zero-order valence-electron chi connectivity index (χ0n) is 16.1. The van der Waals surface area contributed by atoms with Crippen LogP contribution in [0.1, 0.15) is 48.4 Å². The molecule has 0 spiro atoms. The molecule has 0 radical (unpaired) electrons. The van der Waals surface area contributed by atoms with Gasteiger partial charge in [0, 0.05) is 41.3 Å². The van der Waals surface area contributed by atoms with E-state index in [2.05, 4.69) is 6.07 Å². The molecule has 1 unspecified atom stereocenters. The number of hydrogen-bond donors (Lipinski definition) is 1. The van der Waals surface area contributed by atoms with Crippen molar-refractivity contribution in [2.24, 2.45) is 0 Å². The largest absolute Gasteiger partial charge is 0.466 e. The van der Waals surface area contributed by atoms with Crippen molar-refractivity contribution in [3.63, 3.8) is 0 Å². The molecule has 1 fully saturated rings. The second-order valence-corrected chi connectivity index (χ2v) is 7.56. The van der Waals surface area contributed by atoms with Gasteiger partial charge in [-0.25, -0.2) is 4.79 Å². The minimum absolute atomic E-state index is 0.178. The molecule has 1 aliphatic carbocycles. The molecule has 2 heterocycles. The number of aryl methyl sites for hydroxylation is 2. The van der Waals surface area contributed by atoms with Crippen LogP contribution in [0.3, 0.4) is 0 Å². The lowest BCUT2D eigenvalue weighted by Crippen LogP contribution is -3.13. The van der Waals surface area contributed by atoms with Crippen molar-refractivity contribution in [2.75, 3.05) is 13.3 Å². The smallest absolute Gasteiger partial charge is 0.339 e. The van der Waals surface area contributed by atoms with Crippen molar-refractivity contribution in [3.05, 3.63) is 38.7 Å². The SMILES string of the molecule is CCOC(=O)CCc1c(C)c2cc3c(c(C)c2oc1=O)OC[NH+](C1CC1)C3. The van der Waals surface area contributed by atoms with Crippen LogP contribution < -0.4 is 15.3 Å². The molecule has 1 saturated carbocycles. The quantitative estimate of drug-likeness (QED) is 0.640. The first-order valence-electron chi connectivity index (χ1n) is 9.71. The van der Waals surface area contributed by atoms with E-state index in [1.807, 2.05) is 13.8 Å². The molecule has 1 N–H and O–H groups in total. The van der Waals surface area contributed by atoms with Gasteiger partial charge in [0.15, 0.2) is 0 Å². The molecular weight excluding hydrogens is 346 g/mol. The van der Waals surface area contributed by atoms with E-state index in [1.54, 1.807) is 6.92 Å². The molecule has 1 atom stereocenters. The van der Waals surface area contributed by atoms with Crippen LogP contribution >= 0.6 is 0 Å². The molecule has 2 aromatic rings. The van der Waals surface area contributed by atoms with Gasteiger partial charge in [-0.1, -0.05) is 0 Å². The predicted molar refractivity (Wildman–Crippen MR) is 100 cm³/mol. The van der Waals surface area contributed by atoms with Crippen molar-refractivity contribution >= 4 is 16.9 Å². The van der Waals surface area contributed by atoms with E-state index in [0.29, 0.717) is 36.9 Å². The van der Waals surface area contributed by atoms with Crippen molar-refractivity contribution in [1.29, 1.82) is 0 Å². The van der Waals surface area contributed by atoms with E-state index < -0.39 is 0 Å². The number of fused-ring (bicyclic) bond motifs is 2. The summed E-state index contributed by atoms with van der Waals surface area (Å²) >= 11 is 0. The van der Waals surface area contributed by atoms with Crippen molar-refractivity contribution in [1.82, 2.24) is 0 Å².